The van der Waals surface area contributed by atoms with Crippen molar-refractivity contribution in [3.8, 4) is 0 Å². The van der Waals surface area contributed by atoms with Crippen molar-refractivity contribution in [2.45, 2.75) is 11.8 Å². The van der Waals surface area contributed by atoms with Gasteiger partial charge in [0.1, 0.15) is 0 Å². The molecule has 0 amide bonds. The minimum Gasteiger partial charge on any atom is -0.398 e. The number of aromatic nitrogens is 1. The van der Waals surface area contributed by atoms with Crippen molar-refractivity contribution in [3.05, 3.63) is 34.3 Å². The van der Waals surface area contributed by atoms with E-state index in [1.54, 1.807) is 12.3 Å². The quantitative estimate of drug-likeness (QED) is 0.853. The Hall–Kier alpha value is -1.31. The van der Waals surface area contributed by atoms with Gasteiger partial charge in [0.2, 0.25) is 0 Å². The van der Waals surface area contributed by atoms with Crippen LogP contribution in [0.4, 0.5) is 10.8 Å². The second kappa shape index (κ2) is 4.75. The van der Waals surface area contributed by atoms with E-state index in [4.69, 9.17) is 17.3 Å². The fraction of sp³-hybridized carbons (Fsp3) is 0.100. The summed E-state index contributed by atoms with van der Waals surface area (Å²) in [4.78, 5) is 3.87. The van der Waals surface area contributed by atoms with Gasteiger partial charge in [-0.1, -0.05) is 11.6 Å². The SMILES string of the molecule is Cc1c(N)cc(S(=O)(=O)Nc2nccs2)cc1Cl. The molecular formula is C10H10ClN3O2S2. The number of benzene rings is 1. The van der Waals surface area contributed by atoms with E-state index < -0.39 is 10.0 Å². The maximum atomic E-state index is 12.1. The third-order valence-electron chi connectivity index (χ3n) is 2.32. The summed E-state index contributed by atoms with van der Waals surface area (Å²) in [5, 5.41) is 2.29. The highest BCUT2D eigenvalue weighted by Gasteiger charge is 2.17. The second-order valence-electron chi connectivity index (χ2n) is 3.56. The lowest BCUT2D eigenvalue weighted by atomic mass is 10.2. The highest BCUT2D eigenvalue weighted by molar-refractivity contribution is 7.93. The highest BCUT2D eigenvalue weighted by atomic mass is 35.5. The molecule has 1 aromatic carbocycles. The van der Waals surface area contributed by atoms with Gasteiger partial charge >= 0.3 is 0 Å². The minimum absolute atomic E-state index is 0.0193. The topological polar surface area (TPSA) is 85.1 Å². The fourth-order valence-corrected chi connectivity index (χ4v) is 3.42. The van der Waals surface area contributed by atoms with E-state index in [-0.39, 0.29) is 4.90 Å². The lowest BCUT2D eigenvalue weighted by Crippen LogP contribution is -2.13. The smallest absolute Gasteiger partial charge is 0.263 e. The van der Waals surface area contributed by atoms with Crippen LogP contribution < -0.4 is 10.5 Å². The molecule has 2 rings (SSSR count). The first-order chi connectivity index (χ1) is 8.40. The Morgan fingerprint density at radius 2 is 2.17 bits per heavy atom. The summed E-state index contributed by atoms with van der Waals surface area (Å²) < 4.78 is 26.5. The van der Waals surface area contributed by atoms with E-state index in [1.807, 2.05) is 0 Å². The molecule has 1 aromatic heterocycles. The molecule has 0 bridgehead atoms. The van der Waals surface area contributed by atoms with E-state index in [0.717, 1.165) is 0 Å². The van der Waals surface area contributed by atoms with Crippen LogP contribution >= 0.6 is 22.9 Å². The molecule has 2 aromatic rings. The van der Waals surface area contributed by atoms with Crippen molar-refractivity contribution >= 4 is 43.8 Å². The third kappa shape index (κ3) is 2.58. The van der Waals surface area contributed by atoms with Crippen molar-refractivity contribution in [2.75, 3.05) is 10.5 Å². The zero-order chi connectivity index (χ0) is 13.3. The first kappa shape index (κ1) is 13.1. The van der Waals surface area contributed by atoms with Crippen LogP contribution in [0.5, 0.6) is 0 Å². The predicted molar refractivity (Wildman–Crippen MR) is 73.5 cm³/mol. The van der Waals surface area contributed by atoms with Crippen LogP contribution in [0.1, 0.15) is 5.56 Å². The van der Waals surface area contributed by atoms with Gasteiger partial charge in [-0.05, 0) is 24.6 Å². The molecule has 5 nitrogen and oxygen atoms in total. The zero-order valence-electron chi connectivity index (χ0n) is 9.34. The fourth-order valence-electron chi connectivity index (χ4n) is 1.28. The molecule has 0 fully saturated rings. The number of thiazole rings is 1. The lowest BCUT2D eigenvalue weighted by molar-refractivity contribution is 0.601. The molecule has 0 saturated heterocycles. The number of nitrogens with two attached hydrogens (primary N) is 1. The summed E-state index contributed by atoms with van der Waals surface area (Å²) >= 11 is 7.11. The normalized spacial score (nSPS) is 11.4. The maximum Gasteiger partial charge on any atom is 0.263 e. The first-order valence-corrected chi connectivity index (χ1v) is 7.62. The summed E-state index contributed by atoms with van der Waals surface area (Å²) in [5.74, 6) is 0. The molecule has 18 heavy (non-hydrogen) atoms. The Balaban J connectivity index is 2.42. The predicted octanol–water partition coefficient (Wildman–Crippen LogP) is 2.49. The lowest BCUT2D eigenvalue weighted by Gasteiger charge is -2.09. The third-order valence-corrected chi connectivity index (χ3v) is 4.85. The number of nitrogens with one attached hydrogen (secondary N) is 1. The summed E-state index contributed by atoms with van der Waals surface area (Å²) in [6, 6.07) is 2.74. The standard InChI is InChI=1S/C10H10ClN3O2S2/c1-6-8(11)4-7(5-9(6)12)18(15,16)14-10-13-2-3-17-10/h2-5H,12H2,1H3,(H,13,14). The number of anilines is 2. The number of rotatable bonds is 3. The molecule has 0 aliphatic rings. The number of nitrogens with zero attached hydrogens (tertiary/aromatic N) is 1. The molecule has 1 heterocycles. The Morgan fingerprint density at radius 3 is 2.72 bits per heavy atom. The molecule has 0 radical (unpaired) electrons. The van der Waals surface area contributed by atoms with Gasteiger partial charge in [-0.2, -0.15) is 0 Å². The number of halogens is 1. The largest absolute Gasteiger partial charge is 0.398 e. The van der Waals surface area contributed by atoms with E-state index >= 15 is 0 Å². The van der Waals surface area contributed by atoms with Gasteiger partial charge in [0.05, 0.1) is 4.90 Å². The van der Waals surface area contributed by atoms with Crippen LogP contribution in [-0.2, 0) is 10.0 Å². The van der Waals surface area contributed by atoms with Crippen molar-refractivity contribution in [1.82, 2.24) is 4.98 Å². The molecule has 0 saturated carbocycles. The molecule has 0 aliphatic carbocycles. The van der Waals surface area contributed by atoms with Crippen molar-refractivity contribution < 1.29 is 8.42 Å². The van der Waals surface area contributed by atoms with Gasteiger partial charge in [-0.25, -0.2) is 13.4 Å². The zero-order valence-corrected chi connectivity index (χ0v) is 11.7. The molecule has 96 valence electrons. The van der Waals surface area contributed by atoms with Crippen LogP contribution in [0, 0.1) is 6.92 Å². The molecule has 0 aliphatic heterocycles. The van der Waals surface area contributed by atoms with Crippen LogP contribution in [0.15, 0.2) is 28.6 Å². The van der Waals surface area contributed by atoms with Gasteiger partial charge < -0.3 is 5.73 Å². The summed E-state index contributed by atoms with van der Waals surface area (Å²) in [6.45, 7) is 1.72. The summed E-state index contributed by atoms with van der Waals surface area (Å²) in [6.07, 6.45) is 1.51. The molecule has 0 spiro atoms. The summed E-state index contributed by atoms with van der Waals surface area (Å²) in [7, 11) is -3.71. The van der Waals surface area contributed by atoms with Gasteiger partial charge in [-0.15, -0.1) is 11.3 Å². The van der Waals surface area contributed by atoms with E-state index in [9.17, 15) is 8.42 Å². The van der Waals surface area contributed by atoms with Gasteiger partial charge in [0.15, 0.2) is 5.13 Å². The van der Waals surface area contributed by atoms with Crippen LogP contribution in [-0.4, -0.2) is 13.4 Å². The average Bonchev–Trinajstić information content (AvgIpc) is 2.77. The first-order valence-electron chi connectivity index (χ1n) is 4.88. The Labute approximate surface area is 114 Å². The van der Waals surface area contributed by atoms with Gasteiger partial charge in [0.25, 0.3) is 10.0 Å². The second-order valence-corrected chi connectivity index (χ2v) is 6.55. The van der Waals surface area contributed by atoms with Crippen LogP contribution in [0.3, 0.4) is 0 Å². The number of hydrogen-bond donors (Lipinski definition) is 2. The Morgan fingerprint density at radius 1 is 1.44 bits per heavy atom. The van der Waals surface area contributed by atoms with Gasteiger partial charge in [-0.3, -0.25) is 4.72 Å². The van der Waals surface area contributed by atoms with Crippen molar-refractivity contribution in [3.63, 3.8) is 0 Å². The minimum atomic E-state index is -3.71. The molecule has 0 unspecified atom stereocenters. The molecular weight excluding hydrogens is 294 g/mol. The number of sulfonamides is 1. The number of nitrogen functional groups attached to an aromatic ring is 1. The van der Waals surface area contributed by atoms with E-state index in [2.05, 4.69) is 9.71 Å². The number of hydrogen-bond acceptors (Lipinski definition) is 5. The summed E-state index contributed by atoms with van der Waals surface area (Å²) in [5.41, 5.74) is 6.69. The average molecular weight is 304 g/mol. The Kier molecular flexibility index (Phi) is 3.47. The van der Waals surface area contributed by atoms with E-state index in [0.29, 0.717) is 21.4 Å². The molecule has 3 N–H and O–H groups in total. The van der Waals surface area contributed by atoms with Gasteiger partial charge in [0, 0.05) is 22.3 Å². The highest BCUT2D eigenvalue weighted by Crippen LogP contribution is 2.27. The van der Waals surface area contributed by atoms with Crippen LogP contribution in [0.25, 0.3) is 0 Å². The van der Waals surface area contributed by atoms with Crippen LogP contribution in [0.2, 0.25) is 5.02 Å². The molecule has 8 heteroatoms. The monoisotopic (exact) mass is 303 g/mol. The maximum absolute atomic E-state index is 12.1. The van der Waals surface area contributed by atoms with Crippen molar-refractivity contribution in [2.24, 2.45) is 0 Å². The van der Waals surface area contributed by atoms with E-state index in [1.165, 1.54) is 29.7 Å². The Bertz CT molecular complexity index is 645. The molecule has 0 atom stereocenters. The van der Waals surface area contributed by atoms with Crippen molar-refractivity contribution in [1.29, 1.82) is 0 Å².